The molecule has 0 atom stereocenters. The Kier molecular flexibility index (Phi) is 5.37. The van der Waals surface area contributed by atoms with Crippen LogP contribution in [0.25, 0.3) is 0 Å². The first-order valence-electron chi connectivity index (χ1n) is 7.86. The molecule has 0 aliphatic rings. The van der Waals surface area contributed by atoms with Crippen molar-refractivity contribution in [3.8, 4) is 11.6 Å². The van der Waals surface area contributed by atoms with Crippen molar-refractivity contribution in [1.82, 2.24) is 10.3 Å². The summed E-state index contributed by atoms with van der Waals surface area (Å²) < 4.78 is 24.6. The van der Waals surface area contributed by atoms with E-state index in [-0.39, 0.29) is 11.7 Å². The Hall–Kier alpha value is -2.67. The summed E-state index contributed by atoms with van der Waals surface area (Å²) in [5, 5.41) is 2.85. The highest BCUT2D eigenvalue weighted by Crippen LogP contribution is 2.27. The minimum Gasteiger partial charge on any atom is -0.465 e. The molecule has 26 heavy (non-hydrogen) atoms. The van der Waals surface area contributed by atoms with Crippen LogP contribution in [-0.2, 0) is 6.54 Å². The number of aromatic nitrogens is 1. The fourth-order valence-electron chi connectivity index (χ4n) is 2.43. The molecule has 0 aliphatic carbocycles. The standard InChI is InChI=1S/C19H16BrFN2O3/c1-11-17(18(20)12(2)25-11)19(24)23-10-13-7-8-22-16(9-13)26-15-5-3-14(21)4-6-15/h3-9H,10H2,1-2H3,(H,23,24). The van der Waals surface area contributed by atoms with E-state index in [0.29, 0.717) is 39.7 Å². The molecule has 3 aromatic rings. The Morgan fingerprint density at radius 3 is 2.62 bits per heavy atom. The molecule has 3 rings (SSSR count). The Balaban J connectivity index is 1.67. The normalized spacial score (nSPS) is 10.6. The van der Waals surface area contributed by atoms with Crippen LogP contribution in [0.1, 0.15) is 27.4 Å². The van der Waals surface area contributed by atoms with E-state index in [1.165, 1.54) is 24.3 Å². The van der Waals surface area contributed by atoms with Gasteiger partial charge < -0.3 is 14.5 Å². The number of carbonyl (C=O) groups is 1. The average Bonchev–Trinajstić information content (AvgIpc) is 2.87. The maximum atomic E-state index is 12.9. The van der Waals surface area contributed by atoms with Crippen LogP contribution in [0.4, 0.5) is 4.39 Å². The van der Waals surface area contributed by atoms with Gasteiger partial charge in [0.2, 0.25) is 5.88 Å². The number of aryl methyl sites for hydroxylation is 2. The molecule has 7 heteroatoms. The molecule has 0 saturated carbocycles. The van der Waals surface area contributed by atoms with E-state index in [1.807, 2.05) is 0 Å². The van der Waals surface area contributed by atoms with Gasteiger partial charge in [-0.2, -0.15) is 0 Å². The van der Waals surface area contributed by atoms with Gasteiger partial charge in [0.15, 0.2) is 0 Å². The molecule has 1 N–H and O–H groups in total. The van der Waals surface area contributed by atoms with Crippen molar-refractivity contribution in [2.24, 2.45) is 0 Å². The molecule has 134 valence electrons. The molecular weight excluding hydrogens is 403 g/mol. The molecule has 0 fully saturated rings. The van der Waals surface area contributed by atoms with Gasteiger partial charge in [0.1, 0.15) is 23.1 Å². The van der Waals surface area contributed by atoms with Crippen molar-refractivity contribution in [3.63, 3.8) is 0 Å². The highest BCUT2D eigenvalue weighted by atomic mass is 79.9. The third-order valence-corrected chi connectivity index (χ3v) is 4.66. The molecule has 0 spiro atoms. The number of pyridine rings is 1. The average molecular weight is 419 g/mol. The first-order valence-corrected chi connectivity index (χ1v) is 8.65. The summed E-state index contributed by atoms with van der Waals surface area (Å²) >= 11 is 3.37. The van der Waals surface area contributed by atoms with E-state index >= 15 is 0 Å². The minimum absolute atomic E-state index is 0.232. The fourth-order valence-corrected chi connectivity index (χ4v) is 2.97. The van der Waals surface area contributed by atoms with Crippen molar-refractivity contribution >= 4 is 21.8 Å². The maximum Gasteiger partial charge on any atom is 0.256 e. The predicted octanol–water partition coefficient (Wildman–Crippen LogP) is 4.92. The summed E-state index contributed by atoms with van der Waals surface area (Å²) in [6.45, 7) is 3.83. The number of rotatable bonds is 5. The van der Waals surface area contributed by atoms with E-state index in [1.54, 1.807) is 32.2 Å². The number of halogens is 2. The highest BCUT2D eigenvalue weighted by Gasteiger charge is 2.19. The van der Waals surface area contributed by atoms with Gasteiger partial charge in [-0.15, -0.1) is 0 Å². The molecule has 1 aromatic carbocycles. The monoisotopic (exact) mass is 418 g/mol. The van der Waals surface area contributed by atoms with Gasteiger partial charge in [0, 0.05) is 18.8 Å². The number of benzene rings is 1. The molecule has 0 radical (unpaired) electrons. The summed E-state index contributed by atoms with van der Waals surface area (Å²) in [6, 6.07) is 9.16. The Bertz CT molecular complexity index is 938. The molecule has 0 aliphatic heterocycles. The summed E-state index contributed by atoms with van der Waals surface area (Å²) in [6.07, 6.45) is 1.59. The fraction of sp³-hybridized carbons (Fsp3) is 0.158. The van der Waals surface area contributed by atoms with Gasteiger partial charge in [-0.25, -0.2) is 9.37 Å². The molecule has 5 nitrogen and oxygen atoms in total. The third kappa shape index (κ3) is 4.11. The zero-order valence-corrected chi connectivity index (χ0v) is 15.8. The van der Waals surface area contributed by atoms with Crippen molar-refractivity contribution in [1.29, 1.82) is 0 Å². The molecule has 0 bridgehead atoms. The lowest BCUT2D eigenvalue weighted by molar-refractivity contribution is 0.0948. The Labute approximate surface area is 158 Å². The summed E-state index contributed by atoms with van der Waals surface area (Å²) in [5.74, 6) is 1.49. The summed E-state index contributed by atoms with van der Waals surface area (Å²) in [5.41, 5.74) is 1.30. The van der Waals surface area contributed by atoms with E-state index in [2.05, 4.69) is 26.2 Å². The van der Waals surface area contributed by atoms with Crippen LogP contribution in [-0.4, -0.2) is 10.9 Å². The van der Waals surface area contributed by atoms with Gasteiger partial charge in [-0.3, -0.25) is 4.79 Å². The second kappa shape index (κ2) is 7.70. The van der Waals surface area contributed by atoms with Crippen molar-refractivity contribution in [3.05, 3.63) is 75.5 Å². The van der Waals surface area contributed by atoms with Gasteiger partial charge >= 0.3 is 0 Å². The van der Waals surface area contributed by atoms with Crippen LogP contribution < -0.4 is 10.1 Å². The van der Waals surface area contributed by atoms with Gasteiger partial charge in [-0.05, 0) is 65.7 Å². The largest absolute Gasteiger partial charge is 0.465 e. The van der Waals surface area contributed by atoms with E-state index in [4.69, 9.17) is 9.15 Å². The first kappa shape index (κ1) is 18.1. The van der Waals surface area contributed by atoms with Crippen LogP contribution in [0.3, 0.4) is 0 Å². The first-order chi connectivity index (χ1) is 12.4. The zero-order chi connectivity index (χ0) is 18.7. The minimum atomic E-state index is -0.335. The lowest BCUT2D eigenvalue weighted by Gasteiger charge is -2.08. The quantitative estimate of drug-likeness (QED) is 0.638. The van der Waals surface area contributed by atoms with Gasteiger partial charge in [0.05, 0.1) is 10.0 Å². The number of amides is 1. The van der Waals surface area contributed by atoms with Crippen LogP contribution >= 0.6 is 15.9 Å². The van der Waals surface area contributed by atoms with Crippen molar-refractivity contribution in [2.45, 2.75) is 20.4 Å². The number of hydrogen-bond acceptors (Lipinski definition) is 4. The van der Waals surface area contributed by atoms with Crippen molar-refractivity contribution < 1.29 is 18.3 Å². The smallest absolute Gasteiger partial charge is 0.256 e. The number of nitrogens with zero attached hydrogens (tertiary/aromatic N) is 1. The number of nitrogens with one attached hydrogen (secondary N) is 1. The number of ether oxygens (including phenoxy) is 1. The SMILES string of the molecule is Cc1oc(C)c(C(=O)NCc2ccnc(Oc3ccc(F)cc3)c2)c1Br. The Morgan fingerprint density at radius 2 is 1.96 bits per heavy atom. The second-order valence-corrected chi connectivity index (χ2v) is 6.44. The zero-order valence-electron chi connectivity index (χ0n) is 14.2. The van der Waals surface area contributed by atoms with E-state index < -0.39 is 0 Å². The second-order valence-electron chi connectivity index (χ2n) is 5.64. The number of carbonyl (C=O) groups excluding carboxylic acids is 1. The topological polar surface area (TPSA) is 64.4 Å². The van der Waals surface area contributed by atoms with Crippen LogP contribution in [0.5, 0.6) is 11.6 Å². The molecule has 2 heterocycles. The van der Waals surface area contributed by atoms with E-state index in [0.717, 1.165) is 5.56 Å². The van der Waals surface area contributed by atoms with Crippen LogP contribution in [0.15, 0.2) is 51.5 Å². The van der Waals surface area contributed by atoms with Crippen LogP contribution in [0, 0.1) is 19.7 Å². The van der Waals surface area contributed by atoms with E-state index in [9.17, 15) is 9.18 Å². The van der Waals surface area contributed by atoms with Gasteiger partial charge in [-0.1, -0.05) is 0 Å². The number of furan rings is 1. The lowest BCUT2D eigenvalue weighted by atomic mass is 10.2. The molecule has 0 unspecified atom stereocenters. The summed E-state index contributed by atoms with van der Waals surface area (Å²) in [4.78, 5) is 16.5. The number of hydrogen-bond donors (Lipinski definition) is 1. The maximum absolute atomic E-state index is 12.9. The Morgan fingerprint density at radius 1 is 1.23 bits per heavy atom. The highest BCUT2D eigenvalue weighted by molar-refractivity contribution is 9.10. The molecule has 1 amide bonds. The molecule has 2 aromatic heterocycles. The molecular formula is C19H16BrFN2O3. The third-order valence-electron chi connectivity index (χ3n) is 3.70. The lowest BCUT2D eigenvalue weighted by Crippen LogP contribution is -2.23. The summed E-state index contributed by atoms with van der Waals surface area (Å²) in [7, 11) is 0. The van der Waals surface area contributed by atoms with Gasteiger partial charge in [0.25, 0.3) is 5.91 Å². The molecule has 0 saturated heterocycles. The predicted molar refractivity (Wildman–Crippen MR) is 97.8 cm³/mol. The van der Waals surface area contributed by atoms with Crippen molar-refractivity contribution in [2.75, 3.05) is 0 Å². The van der Waals surface area contributed by atoms with Crippen LogP contribution in [0.2, 0.25) is 0 Å².